The van der Waals surface area contributed by atoms with Crippen LogP contribution >= 0.6 is 15.8 Å². The van der Waals surface area contributed by atoms with Crippen molar-refractivity contribution in [2.45, 2.75) is 50.7 Å². The Morgan fingerprint density at radius 1 is 0.718 bits per heavy atom. The van der Waals surface area contributed by atoms with Crippen LogP contribution in [0, 0.1) is 0 Å². The largest absolute Gasteiger partial charge is 0.444 e. The first kappa shape index (κ1) is 27.6. The number of likely N-dealkylation sites (tertiary alicyclic amines) is 1. The quantitative estimate of drug-likeness (QED) is 0.241. The standard InChI is InChI=1S/C34H37NO2P2/c1-33(2,3)37-32(36)35-26-31(38(27-17-9-5-10-18-27)28-19-11-6-12-20-28)25-34(35,4)39(29-21-13-7-14-22-29)30-23-15-8-16-24-30/h5-24,31H,25-26H2,1-4H3/t31-,34-/m0/s1. The molecule has 5 heteroatoms. The SMILES string of the molecule is CC(C)(C)OC(=O)N1C[C@@H](P(c2ccccc2)c2ccccc2)C[C@]1(C)P(c1ccccc1)c1ccccc1. The number of carbonyl (C=O) groups excluding carboxylic acids is 1. The fraction of sp³-hybridized carbons (Fsp3) is 0.265. The predicted octanol–water partition coefficient (Wildman–Crippen LogP) is 6.98. The maximum atomic E-state index is 14.0. The van der Waals surface area contributed by atoms with Crippen LogP contribution in [-0.4, -0.2) is 34.1 Å². The Balaban J connectivity index is 1.65. The third-order valence-electron chi connectivity index (χ3n) is 7.16. The van der Waals surface area contributed by atoms with E-state index in [0.717, 1.165) is 6.42 Å². The van der Waals surface area contributed by atoms with Gasteiger partial charge in [-0.25, -0.2) is 4.79 Å². The molecule has 0 aromatic heterocycles. The first-order valence-electron chi connectivity index (χ1n) is 13.6. The van der Waals surface area contributed by atoms with Gasteiger partial charge in [-0.05, 0) is 71.2 Å². The smallest absolute Gasteiger partial charge is 0.411 e. The monoisotopic (exact) mass is 553 g/mol. The van der Waals surface area contributed by atoms with Gasteiger partial charge in [0.05, 0.1) is 5.28 Å². The Bertz CT molecular complexity index is 1280. The van der Waals surface area contributed by atoms with E-state index in [4.69, 9.17) is 4.74 Å². The van der Waals surface area contributed by atoms with Crippen molar-refractivity contribution in [1.29, 1.82) is 0 Å². The highest BCUT2D eigenvalue weighted by Crippen LogP contribution is 2.60. The third-order valence-corrected chi connectivity index (χ3v) is 13.0. The Kier molecular flexibility index (Phi) is 8.22. The number of nitrogens with zero attached hydrogens (tertiary/aromatic N) is 1. The van der Waals surface area contributed by atoms with Crippen molar-refractivity contribution in [3.8, 4) is 0 Å². The summed E-state index contributed by atoms with van der Waals surface area (Å²) in [4.78, 5) is 16.1. The maximum absolute atomic E-state index is 14.0. The highest BCUT2D eigenvalue weighted by atomic mass is 31.1. The van der Waals surface area contributed by atoms with Crippen LogP contribution in [0.1, 0.15) is 34.1 Å². The predicted molar refractivity (Wildman–Crippen MR) is 168 cm³/mol. The molecule has 1 saturated heterocycles. The van der Waals surface area contributed by atoms with Crippen molar-refractivity contribution in [1.82, 2.24) is 4.90 Å². The Morgan fingerprint density at radius 3 is 1.49 bits per heavy atom. The molecule has 1 amide bonds. The highest BCUT2D eigenvalue weighted by Gasteiger charge is 2.53. The van der Waals surface area contributed by atoms with Crippen molar-refractivity contribution in [3.63, 3.8) is 0 Å². The van der Waals surface area contributed by atoms with Crippen molar-refractivity contribution >= 4 is 43.2 Å². The van der Waals surface area contributed by atoms with Gasteiger partial charge in [-0.1, -0.05) is 121 Å². The zero-order valence-corrected chi connectivity index (χ0v) is 25.0. The molecule has 200 valence electrons. The summed E-state index contributed by atoms with van der Waals surface area (Å²) in [6.45, 7) is 8.82. The van der Waals surface area contributed by atoms with E-state index in [1.165, 1.54) is 21.2 Å². The summed E-state index contributed by atoms with van der Waals surface area (Å²) in [5, 5.41) is 4.83. The van der Waals surface area contributed by atoms with Crippen molar-refractivity contribution in [2.75, 3.05) is 6.54 Å². The van der Waals surface area contributed by atoms with Crippen LogP contribution in [0.2, 0.25) is 0 Å². The van der Waals surface area contributed by atoms with Gasteiger partial charge in [0.1, 0.15) is 5.60 Å². The number of hydrogen-bond donors (Lipinski definition) is 0. The van der Waals surface area contributed by atoms with Gasteiger partial charge in [-0.3, -0.25) is 4.90 Å². The molecule has 0 aliphatic carbocycles. The summed E-state index contributed by atoms with van der Waals surface area (Å²) >= 11 is 0. The van der Waals surface area contributed by atoms with Crippen LogP contribution in [0.5, 0.6) is 0 Å². The first-order valence-corrected chi connectivity index (χ1v) is 16.3. The van der Waals surface area contributed by atoms with Gasteiger partial charge in [0, 0.05) is 12.2 Å². The summed E-state index contributed by atoms with van der Waals surface area (Å²) in [7, 11) is -1.60. The fourth-order valence-corrected chi connectivity index (χ4v) is 11.9. The van der Waals surface area contributed by atoms with E-state index in [2.05, 4.69) is 133 Å². The Labute approximate surface area is 235 Å². The van der Waals surface area contributed by atoms with E-state index in [0.29, 0.717) is 12.2 Å². The van der Waals surface area contributed by atoms with Gasteiger partial charge in [0.2, 0.25) is 0 Å². The van der Waals surface area contributed by atoms with Gasteiger partial charge in [-0.2, -0.15) is 0 Å². The van der Waals surface area contributed by atoms with Crippen LogP contribution in [0.25, 0.3) is 0 Å². The van der Waals surface area contributed by atoms with Crippen LogP contribution in [0.3, 0.4) is 0 Å². The zero-order valence-electron chi connectivity index (χ0n) is 23.2. The van der Waals surface area contributed by atoms with Crippen molar-refractivity contribution in [2.24, 2.45) is 0 Å². The van der Waals surface area contributed by atoms with E-state index < -0.39 is 26.7 Å². The molecule has 1 fully saturated rings. The fourth-order valence-electron chi connectivity index (χ4n) is 5.61. The molecule has 0 unspecified atom stereocenters. The van der Waals surface area contributed by atoms with Crippen LogP contribution in [0.4, 0.5) is 4.79 Å². The molecule has 1 heterocycles. The zero-order chi connectivity index (χ0) is 27.5. The summed E-state index contributed by atoms with van der Waals surface area (Å²) in [6.07, 6.45) is 0.681. The molecule has 0 N–H and O–H groups in total. The topological polar surface area (TPSA) is 29.5 Å². The lowest BCUT2D eigenvalue weighted by Gasteiger charge is -2.42. The number of ether oxygens (including phenoxy) is 1. The maximum Gasteiger partial charge on any atom is 0.411 e. The normalized spacial score (nSPS) is 19.4. The molecule has 4 aromatic rings. The van der Waals surface area contributed by atoms with Crippen LogP contribution in [0.15, 0.2) is 121 Å². The molecule has 0 spiro atoms. The Morgan fingerprint density at radius 2 is 1.10 bits per heavy atom. The minimum atomic E-state index is -0.901. The van der Waals surface area contributed by atoms with Gasteiger partial charge in [-0.15, -0.1) is 0 Å². The van der Waals surface area contributed by atoms with Crippen LogP contribution in [-0.2, 0) is 4.74 Å². The minimum absolute atomic E-state index is 0.220. The van der Waals surface area contributed by atoms with Gasteiger partial charge >= 0.3 is 6.09 Å². The summed E-state index contributed by atoms with van der Waals surface area (Å²) in [6, 6.07) is 43.2. The number of amides is 1. The molecule has 0 bridgehead atoms. The second-order valence-corrected chi connectivity index (χ2v) is 16.4. The lowest BCUT2D eigenvalue weighted by atomic mass is 10.2. The molecule has 1 aliphatic heterocycles. The average molecular weight is 554 g/mol. The summed E-state index contributed by atoms with van der Waals surface area (Å²) in [5.74, 6) is 0. The third kappa shape index (κ3) is 6.11. The molecule has 5 rings (SSSR count). The molecule has 4 aromatic carbocycles. The molecular weight excluding hydrogens is 516 g/mol. The lowest BCUT2D eigenvalue weighted by Crippen LogP contribution is -2.49. The van der Waals surface area contributed by atoms with Gasteiger partial charge < -0.3 is 4.74 Å². The second kappa shape index (κ2) is 11.6. The second-order valence-electron chi connectivity index (χ2n) is 11.2. The molecule has 0 saturated carbocycles. The van der Waals surface area contributed by atoms with E-state index in [1.807, 2.05) is 20.8 Å². The first-order chi connectivity index (χ1) is 18.8. The summed E-state index contributed by atoms with van der Waals surface area (Å²) in [5.41, 5.74) is -0.276. The van der Waals surface area contributed by atoms with Gasteiger partial charge in [0.15, 0.2) is 0 Å². The van der Waals surface area contributed by atoms with E-state index in [-0.39, 0.29) is 6.09 Å². The minimum Gasteiger partial charge on any atom is -0.444 e. The molecule has 0 radical (unpaired) electrons. The highest BCUT2D eigenvalue weighted by molar-refractivity contribution is 7.75. The number of rotatable bonds is 6. The molecule has 39 heavy (non-hydrogen) atoms. The number of carbonyl (C=O) groups is 1. The molecular formula is C34H37NO2P2. The van der Waals surface area contributed by atoms with E-state index in [9.17, 15) is 4.79 Å². The average Bonchev–Trinajstić information content (AvgIpc) is 3.28. The Hall–Kier alpha value is -2.99. The van der Waals surface area contributed by atoms with E-state index >= 15 is 0 Å². The molecule has 3 nitrogen and oxygen atoms in total. The number of hydrogen-bond acceptors (Lipinski definition) is 2. The van der Waals surface area contributed by atoms with Crippen LogP contribution < -0.4 is 21.2 Å². The van der Waals surface area contributed by atoms with Crippen molar-refractivity contribution in [3.05, 3.63) is 121 Å². The summed E-state index contributed by atoms with van der Waals surface area (Å²) < 4.78 is 6.08. The molecule has 2 atom stereocenters. The lowest BCUT2D eigenvalue weighted by molar-refractivity contribution is 0.0207. The molecule has 1 aliphatic rings. The number of benzene rings is 4. The van der Waals surface area contributed by atoms with Gasteiger partial charge in [0.25, 0.3) is 0 Å². The van der Waals surface area contributed by atoms with E-state index in [1.54, 1.807) is 0 Å². The van der Waals surface area contributed by atoms with Crippen molar-refractivity contribution < 1.29 is 9.53 Å².